The first kappa shape index (κ1) is 17.4. The van der Waals surface area contributed by atoms with Crippen LogP contribution in [0.25, 0.3) is 21.3 Å². The fourth-order valence-corrected chi connectivity index (χ4v) is 4.28. The van der Waals surface area contributed by atoms with Gasteiger partial charge >= 0.3 is 5.97 Å². The van der Waals surface area contributed by atoms with Gasteiger partial charge in [-0.2, -0.15) is 0 Å². The Hall–Kier alpha value is -3.00. The Kier molecular flexibility index (Phi) is 4.27. The van der Waals surface area contributed by atoms with Gasteiger partial charge in [0.15, 0.2) is 0 Å². The Labute approximate surface area is 159 Å². The maximum atomic E-state index is 12.0. The highest BCUT2D eigenvalue weighted by atomic mass is 32.1. The first-order valence-electron chi connectivity index (χ1n) is 8.52. The van der Waals surface area contributed by atoms with Crippen LogP contribution in [0.3, 0.4) is 0 Å². The van der Waals surface area contributed by atoms with Crippen LogP contribution in [0.15, 0.2) is 18.2 Å². The molecular weight excluding hydrogens is 362 g/mol. The number of anilines is 1. The SMILES string of the molecule is COC(=O)c1sc2nc(C)nc(NCc3nc4c(C)cccc4[nH]3)c2c1C. The highest BCUT2D eigenvalue weighted by molar-refractivity contribution is 7.20. The van der Waals surface area contributed by atoms with Gasteiger partial charge in [0.1, 0.15) is 27.2 Å². The predicted octanol–water partition coefficient (Wildman–Crippen LogP) is 3.89. The van der Waals surface area contributed by atoms with Crippen LogP contribution in [0.5, 0.6) is 0 Å². The van der Waals surface area contributed by atoms with Crippen molar-refractivity contribution in [1.82, 2.24) is 19.9 Å². The van der Waals surface area contributed by atoms with Crippen LogP contribution in [0, 0.1) is 20.8 Å². The van der Waals surface area contributed by atoms with Crippen molar-refractivity contribution in [2.75, 3.05) is 12.4 Å². The number of para-hydroxylation sites is 1. The van der Waals surface area contributed by atoms with Gasteiger partial charge in [0.05, 0.1) is 30.1 Å². The minimum Gasteiger partial charge on any atom is -0.465 e. The first-order chi connectivity index (χ1) is 13.0. The zero-order valence-electron chi connectivity index (χ0n) is 15.5. The van der Waals surface area contributed by atoms with Crippen molar-refractivity contribution in [3.63, 3.8) is 0 Å². The number of nitrogens with one attached hydrogen (secondary N) is 2. The van der Waals surface area contributed by atoms with Crippen LogP contribution in [0.2, 0.25) is 0 Å². The number of rotatable bonds is 4. The molecule has 0 unspecified atom stereocenters. The summed E-state index contributed by atoms with van der Waals surface area (Å²) in [6, 6.07) is 6.06. The second-order valence-electron chi connectivity index (χ2n) is 6.36. The summed E-state index contributed by atoms with van der Waals surface area (Å²) in [6.45, 7) is 6.25. The van der Waals surface area contributed by atoms with E-state index in [-0.39, 0.29) is 5.97 Å². The molecule has 0 bridgehead atoms. The summed E-state index contributed by atoms with van der Waals surface area (Å²) in [6.07, 6.45) is 0. The Morgan fingerprint density at radius 2 is 2.04 bits per heavy atom. The lowest BCUT2D eigenvalue weighted by Gasteiger charge is -2.07. The number of carbonyl (C=O) groups excluding carboxylic acids is 1. The van der Waals surface area contributed by atoms with Gasteiger partial charge in [-0.25, -0.2) is 19.7 Å². The zero-order valence-corrected chi connectivity index (χ0v) is 16.3. The number of fused-ring (bicyclic) bond motifs is 2. The van der Waals surface area contributed by atoms with Crippen molar-refractivity contribution in [2.45, 2.75) is 27.3 Å². The number of methoxy groups -OCH3 is 1. The van der Waals surface area contributed by atoms with Crippen LogP contribution < -0.4 is 5.32 Å². The number of H-pyrrole nitrogens is 1. The van der Waals surface area contributed by atoms with E-state index in [9.17, 15) is 4.79 Å². The normalized spacial score (nSPS) is 11.3. The van der Waals surface area contributed by atoms with Crippen molar-refractivity contribution in [3.05, 3.63) is 45.9 Å². The Morgan fingerprint density at radius 3 is 2.78 bits per heavy atom. The van der Waals surface area contributed by atoms with Crippen LogP contribution in [0.4, 0.5) is 5.82 Å². The van der Waals surface area contributed by atoms with Crippen LogP contribution in [-0.2, 0) is 11.3 Å². The molecule has 138 valence electrons. The largest absolute Gasteiger partial charge is 0.465 e. The Morgan fingerprint density at radius 1 is 1.22 bits per heavy atom. The Balaban J connectivity index is 1.71. The number of benzene rings is 1. The van der Waals surface area contributed by atoms with E-state index in [0.717, 1.165) is 38.2 Å². The van der Waals surface area contributed by atoms with Gasteiger partial charge in [0, 0.05) is 0 Å². The minimum absolute atomic E-state index is 0.355. The van der Waals surface area contributed by atoms with Crippen molar-refractivity contribution in [1.29, 1.82) is 0 Å². The van der Waals surface area contributed by atoms with Crippen LogP contribution in [0.1, 0.15) is 32.4 Å². The summed E-state index contributed by atoms with van der Waals surface area (Å²) in [5.74, 6) is 1.80. The number of imidazole rings is 1. The molecule has 0 radical (unpaired) electrons. The molecule has 0 aliphatic rings. The van der Waals surface area contributed by atoms with Crippen molar-refractivity contribution in [3.8, 4) is 0 Å². The number of thiophene rings is 1. The molecule has 7 nitrogen and oxygen atoms in total. The Bertz CT molecular complexity index is 1180. The monoisotopic (exact) mass is 381 g/mol. The van der Waals surface area contributed by atoms with Gasteiger partial charge < -0.3 is 15.0 Å². The average molecular weight is 381 g/mol. The molecule has 0 saturated heterocycles. The molecule has 27 heavy (non-hydrogen) atoms. The van der Waals surface area contributed by atoms with Crippen molar-refractivity contribution >= 4 is 44.4 Å². The van der Waals surface area contributed by atoms with Gasteiger partial charge in [-0.05, 0) is 38.0 Å². The summed E-state index contributed by atoms with van der Waals surface area (Å²) >= 11 is 1.32. The first-order valence-corrected chi connectivity index (χ1v) is 9.33. The van der Waals surface area contributed by atoms with E-state index in [1.807, 2.05) is 39.0 Å². The molecule has 0 amide bonds. The summed E-state index contributed by atoms with van der Waals surface area (Å²) in [5.41, 5.74) is 3.94. The summed E-state index contributed by atoms with van der Waals surface area (Å²) in [4.78, 5) is 30.3. The predicted molar refractivity (Wildman–Crippen MR) is 106 cm³/mol. The number of nitrogens with zero attached hydrogens (tertiary/aromatic N) is 3. The average Bonchev–Trinajstić information content (AvgIpc) is 3.21. The topological polar surface area (TPSA) is 92.8 Å². The van der Waals surface area contributed by atoms with E-state index in [0.29, 0.717) is 23.1 Å². The third-order valence-corrected chi connectivity index (χ3v) is 5.63. The molecule has 0 aliphatic heterocycles. The molecule has 1 aromatic carbocycles. The lowest BCUT2D eigenvalue weighted by atomic mass is 10.2. The number of aryl methyl sites for hydroxylation is 3. The van der Waals surface area contributed by atoms with E-state index in [1.54, 1.807) is 0 Å². The molecule has 3 heterocycles. The number of aromatic amines is 1. The standard InChI is InChI=1S/C19H19N5O2S/c1-9-6-5-7-12-15(9)24-13(23-12)8-20-17-14-10(2)16(19(25)26-4)27-18(14)22-11(3)21-17/h5-7H,8H2,1-4H3,(H,23,24)(H,20,21,22). The maximum absolute atomic E-state index is 12.0. The van der Waals surface area contributed by atoms with E-state index in [1.165, 1.54) is 18.4 Å². The molecule has 0 atom stereocenters. The van der Waals surface area contributed by atoms with Gasteiger partial charge in [0.2, 0.25) is 0 Å². The van der Waals surface area contributed by atoms with E-state index < -0.39 is 0 Å². The molecule has 0 aliphatic carbocycles. The number of hydrogen-bond acceptors (Lipinski definition) is 7. The van der Waals surface area contributed by atoms with Crippen LogP contribution >= 0.6 is 11.3 Å². The van der Waals surface area contributed by atoms with Gasteiger partial charge in [0.25, 0.3) is 0 Å². The van der Waals surface area contributed by atoms with Crippen molar-refractivity contribution < 1.29 is 9.53 Å². The summed E-state index contributed by atoms with van der Waals surface area (Å²) in [7, 11) is 1.38. The lowest BCUT2D eigenvalue weighted by molar-refractivity contribution is 0.0605. The molecule has 0 saturated carbocycles. The van der Waals surface area contributed by atoms with Crippen LogP contribution in [-0.4, -0.2) is 33.0 Å². The quantitative estimate of drug-likeness (QED) is 0.521. The lowest BCUT2D eigenvalue weighted by Crippen LogP contribution is -2.05. The smallest absolute Gasteiger partial charge is 0.348 e. The number of ether oxygens (including phenoxy) is 1. The summed E-state index contributed by atoms with van der Waals surface area (Å²) in [5, 5.41) is 4.19. The maximum Gasteiger partial charge on any atom is 0.348 e. The molecule has 4 aromatic rings. The second-order valence-corrected chi connectivity index (χ2v) is 7.35. The number of esters is 1. The number of carbonyl (C=O) groups is 1. The summed E-state index contributed by atoms with van der Waals surface area (Å²) < 4.78 is 4.88. The minimum atomic E-state index is -0.355. The highest BCUT2D eigenvalue weighted by Gasteiger charge is 2.20. The molecule has 4 rings (SSSR count). The van der Waals surface area contributed by atoms with Crippen molar-refractivity contribution in [2.24, 2.45) is 0 Å². The second kappa shape index (κ2) is 6.62. The third-order valence-electron chi connectivity index (χ3n) is 4.46. The van der Waals surface area contributed by atoms with Gasteiger partial charge in [-0.1, -0.05) is 12.1 Å². The van der Waals surface area contributed by atoms with E-state index >= 15 is 0 Å². The van der Waals surface area contributed by atoms with E-state index in [2.05, 4.69) is 25.3 Å². The third kappa shape index (κ3) is 3.02. The molecule has 0 spiro atoms. The number of aromatic nitrogens is 4. The molecule has 3 aromatic heterocycles. The fourth-order valence-electron chi connectivity index (χ4n) is 3.14. The highest BCUT2D eigenvalue weighted by Crippen LogP contribution is 2.34. The van der Waals surface area contributed by atoms with Gasteiger partial charge in [-0.3, -0.25) is 0 Å². The molecular formula is C19H19N5O2S. The molecule has 0 fully saturated rings. The van der Waals surface area contributed by atoms with Gasteiger partial charge in [-0.15, -0.1) is 11.3 Å². The number of hydrogen-bond donors (Lipinski definition) is 2. The van der Waals surface area contributed by atoms with E-state index in [4.69, 9.17) is 4.74 Å². The molecule has 2 N–H and O–H groups in total. The fraction of sp³-hybridized carbons (Fsp3) is 0.263. The molecule has 8 heteroatoms. The zero-order chi connectivity index (χ0) is 19.1.